The van der Waals surface area contributed by atoms with E-state index in [2.05, 4.69) is 29.6 Å². The van der Waals surface area contributed by atoms with Crippen molar-refractivity contribution in [3.8, 4) is 0 Å². The zero-order valence-corrected chi connectivity index (χ0v) is 11.3. The molecule has 1 aromatic carbocycles. The predicted octanol–water partition coefficient (Wildman–Crippen LogP) is 2.30. The number of nitrogens with one attached hydrogen (secondary N) is 1. The summed E-state index contributed by atoms with van der Waals surface area (Å²) < 4.78 is 0. The molecule has 0 heterocycles. The summed E-state index contributed by atoms with van der Waals surface area (Å²) >= 11 is 1.98. The van der Waals surface area contributed by atoms with Gasteiger partial charge in [0.15, 0.2) is 0 Å². The number of hydrogen-bond acceptors (Lipinski definition) is 3. The van der Waals surface area contributed by atoms with Crippen LogP contribution in [0.4, 0.5) is 0 Å². The highest BCUT2D eigenvalue weighted by Gasteiger charge is 2.15. The normalized spacial score (nSPS) is 15.8. The molecule has 2 rings (SSSR count). The maximum atomic E-state index is 11.0. The smallest absolute Gasteiger partial charge is 0.234 e. The minimum absolute atomic E-state index is 0.0512. The van der Waals surface area contributed by atoms with Crippen LogP contribution < -0.4 is 11.1 Å². The van der Waals surface area contributed by atoms with Gasteiger partial charge < -0.3 is 11.1 Å². The van der Waals surface area contributed by atoms with Gasteiger partial charge in [-0.2, -0.15) is 0 Å². The van der Waals surface area contributed by atoms with Crippen LogP contribution >= 0.6 is 11.8 Å². The number of amides is 1. The van der Waals surface area contributed by atoms with Crippen molar-refractivity contribution in [2.75, 3.05) is 6.54 Å². The first-order chi connectivity index (χ1) is 8.78. The second-order valence-corrected chi connectivity index (χ2v) is 6.02. The van der Waals surface area contributed by atoms with Gasteiger partial charge in [-0.1, -0.05) is 25.0 Å². The molecule has 3 N–H and O–H groups in total. The van der Waals surface area contributed by atoms with Crippen molar-refractivity contribution in [2.24, 2.45) is 5.73 Å². The monoisotopic (exact) mass is 264 g/mol. The van der Waals surface area contributed by atoms with Gasteiger partial charge in [0.05, 0.1) is 6.54 Å². The largest absolute Gasteiger partial charge is 0.351 e. The van der Waals surface area contributed by atoms with Crippen molar-refractivity contribution in [1.29, 1.82) is 0 Å². The molecule has 0 radical (unpaired) electrons. The first kappa shape index (κ1) is 13.4. The third-order valence-electron chi connectivity index (χ3n) is 3.20. The minimum Gasteiger partial charge on any atom is -0.351 e. The van der Waals surface area contributed by atoms with Crippen molar-refractivity contribution in [3.63, 3.8) is 0 Å². The lowest BCUT2D eigenvalue weighted by Crippen LogP contribution is -2.29. The van der Waals surface area contributed by atoms with E-state index in [4.69, 9.17) is 5.73 Å². The first-order valence-electron chi connectivity index (χ1n) is 6.50. The molecule has 1 saturated carbocycles. The van der Waals surface area contributed by atoms with E-state index in [1.807, 2.05) is 11.8 Å². The zero-order chi connectivity index (χ0) is 12.8. The maximum absolute atomic E-state index is 11.0. The molecule has 0 aromatic heterocycles. The highest BCUT2D eigenvalue weighted by molar-refractivity contribution is 8.00. The average molecular weight is 264 g/mol. The van der Waals surface area contributed by atoms with E-state index in [0.29, 0.717) is 6.54 Å². The molecule has 1 aliphatic rings. The number of nitrogens with two attached hydrogens (primary N) is 1. The van der Waals surface area contributed by atoms with Gasteiger partial charge in [-0.05, 0) is 30.5 Å². The summed E-state index contributed by atoms with van der Waals surface area (Å²) in [5, 5.41) is 3.57. The van der Waals surface area contributed by atoms with E-state index in [1.165, 1.54) is 30.6 Å². The standard InChI is InChI=1S/C14H20N2OS/c15-9-14(17)16-10-11-5-7-13(8-6-11)18-12-3-1-2-4-12/h5-8,12H,1-4,9-10,15H2,(H,16,17). The van der Waals surface area contributed by atoms with Gasteiger partial charge in [-0.3, -0.25) is 4.79 Å². The van der Waals surface area contributed by atoms with Gasteiger partial charge in [0.1, 0.15) is 0 Å². The van der Waals surface area contributed by atoms with Crippen LogP contribution in [0.15, 0.2) is 29.2 Å². The zero-order valence-electron chi connectivity index (χ0n) is 10.5. The van der Waals surface area contributed by atoms with Crippen LogP contribution in [-0.4, -0.2) is 17.7 Å². The highest BCUT2D eigenvalue weighted by Crippen LogP contribution is 2.34. The van der Waals surface area contributed by atoms with Gasteiger partial charge in [-0.15, -0.1) is 11.8 Å². The lowest BCUT2D eigenvalue weighted by atomic mass is 10.2. The van der Waals surface area contributed by atoms with E-state index < -0.39 is 0 Å². The fourth-order valence-corrected chi connectivity index (χ4v) is 3.40. The Morgan fingerprint density at radius 3 is 2.56 bits per heavy atom. The molecular formula is C14H20N2OS. The summed E-state index contributed by atoms with van der Waals surface area (Å²) in [6.07, 6.45) is 5.44. The van der Waals surface area contributed by atoms with Gasteiger partial charge >= 0.3 is 0 Å². The summed E-state index contributed by atoms with van der Waals surface area (Å²) in [5.41, 5.74) is 6.35. The third kappa shape index (κ3) is 4.03. The first-order valence-corrected chi connectivity index (χ1v) is 7.38. The van der Waals surface area contributed by atoms with Crippen LogP contribution in [-0.2, 0) is 11.3 Å². The second kappa shape index (κ2) is 6.81. The SMILES string of the molecule is NCC(=O)NCc1ccc(SC2CCCC2)cc1. The Kier molecular flexibility index (Phi) is 5.08. The molecule has 0 saturated heterocycles. The molecule has 1 aromatic rings. The minimum atomic E-state index is -0.112. The number of carbonyl (C=O) groups excluding carboxylic acids is 1. The number of hydrogen-bond donors (Lipinski definition) is 2. The van der Waals surface area contributed by atoms with E-state index in [0.717, 1.165) is 10.8 Å². The van der Waals surface area contributed by atoms with Gasteiger partial charge in [0.2, 0.25) is 5.91 Å². The Morgan fingerprint density at radius 2 is 1.94 bits per heavy atom. The Labute approximate surface area is 113 Å². The number of thioether (sulfide) groups is 1. The van der Waals surface area contributed by atoms with Gasteiger partial charge in [-0.25, -0.2) is 0 Å². The molecule has 18 heavy (non-hydrogen) atoms. The predicted molar refractivity (Wildman–Crippen MR) is 75.5 cm³/mol. The molecule has 98 valence electrons. The summed E-state index contributed by atoms with van der Waals surface area (Å²) in [5.74, 6) is -0.112. The molecule has 0 atom stereocenters. The number of rotatable bonds is 5. The Hall–Kier alpha value is -1.00. The molecule has 1 aliphatic carbocycles. The summed E-state index contributed by atoms with van der Waals surface area (Å²) in [7, 11) is 0. The molecule has 0 unspecified atom stereocenters. The van der Waals surface area contributed by atoms with E-state index >= 15 is 0 Å². The third-order valence-corrected chi connectivity index (χ3v) is 4.55. The maximum Gasteiger partial charge on any atom is 0.234 e. The Bertz CT molecular complexity index is 385. The summed E-state index contributed by atoms with van der Waals surface area (Å²) in [4.78, 5) is 12.4. The fraction of sp³-hybridized carbons (Fsp3) is 0.500. The van der Waals surface area contributed by atoms with Crippen molar-refractivity contribution in [1.82, 2.24) is 5.32 Å². The van der Waals surface area contributed by atoms with Crippen molar-refractivity contribution >= 4 is 17.7 Å². The van der Waals surface area contributed by atoms with Gasteiger partial charge in [0, 0.05) is 16.7 Å². The molecule has 1 amide bonds. The van der Waals surface area contributed by atoms with E-state index in [1.54, 1.807) is 0 Å². The number of carbonyl (C=O) groups is 1. The van der Waals surface area contributed by atoms with Crippen molar-refractivity contribution in [2.45, 2.75) is 42.4 Å². The molecular weight excluding hydrogens is 244 g/mol. The molecule has 0 bridgehead atoms. The molecule has 3 nitrogen and oxygen atoms in total. The molecule has 1 fully saturated rings. The Balaban J connectivity index is 1.82. The Morgan fingerprint density at radius 1 is 1.28 bits per heavy atom. The average Bonchev–Trinajstić information content (AvgIpc) is 2.90. The van der Waals surface area contributed by atoms with Gasteiger partial charge in [0.25, 0.3) is 0 Å². The van der Waals surface area contributed by atoms with Crippen LogP contribution in [0.3, 0.4) is 0 Å². The van der Waals surface area contributed by atoms with Crippen LogP contribution in [0.2, 0.25) is 0 Å². The molecule has 4 heteroatoms. The summed E-state index contributed by atoms with van der Waals surface area (Å²) in [6, 6.07) is 8.45. The quantitative estimate of drug-likeness (QED) is 0.858. The lowest BCUT2D eigenvalue weighted by Gasteiger charge is -2.09. The fourth-order valence-electron chi connectivity index (χ4n) is 2.16. The van der Waals surface area contributed by atoms with E-state index in [9.17, 15) is 4.79 Å². The molecule has 0 spiro atoms. The molecule has 0 aliphatic heterocycles. The van der Waals surface area contributed by atoms with E-state index in [-0.39, 0.29) is 12.5 Å². The highest BCUT2D eigenvalue weighted by atomic mass is 32.2. The van der Waals surface area contributed by atoms with Crippen LogP contribution in [0.5, 0.6) is 0 Å². The van der Waals surface area contributed by atoms with Crippen molar-refractivity contribution < 1.29 is 4.79 Å². The van der Waals surface area contributed by atoms with Crippen LogP contribution in [0.25, 0.3) is 0 Å². The van der Waals surface area contributed by atoms with Crippen LogP contribution in [0.1, 0.15) is 31.2 Å². The topological polar surface area (TPSA) is 55.1 Å². The van der Waals surface area contributed by atoms with Crippen molar-refractivity contribution in [3.05, 3.63) is 29.8 Å². The van der Waals surface area contributed by atoms with Crippen LogP contribution in [0, 0.1) is 0 Å². The number of benzene rings is 1. The second-order valence-electron chi connectivity index (χ2n) is 4.65. The summed E-state index contributed by atoms with van der Waals surface area (Å²) in [6.45, 7) is 0.611. The lowest BCUT2D eigenvalue weighted by molar-refractivity contribution is -0.119.